The molecule has 7 heteroatoms. The number of unbranched alkanes of at least 4 members (excludes halogenated alkanes) is 1. The molecule has 168 valence electrons. The smallest absolute Gasteiger partial charge is 0.151 e. The van der Waals surface area contributed by atoms with Crippen molar-refractivity contribution in [1.82, 2.24) is 0 Å². The summed E-state index contributed by atoms with van der Waals surface area (Å²) in [5.74, 6) is -0.354. The summed E-state index contributed by atoms with van der Waals surface area (Å²) < 4.78 is 14.7. The van der Waals surface area contributed by atoms with Crippen LogP contribution in [0.15, 0.2) is 63.7 Å². The molecule has 4 rings (SSSR count). The molecule has 32 heavy (non-hydrogen) atoms. The van der Waals surface area contributed by atoms with Gasteiger partial charge in [-0.3, -0.25) is 0 Å². The molecule has 1 unspecified atom stereocenters. The summed E-state index contributed by atoms with van der Waals surface area (Å²) in [4.78, 5) is 4.95. The van der Waals surface area contributed by atoms with E-state index < -0.39 is 0 Å². The molecule has 0 aliphatic carbocycles. The third-order valence-corrected chi connectivity index (χ3v) is 8.02. The van der Waals surface area contributed by atoms with Gasteiger partial charge in [0.25, 0.3) is 0 Å². The molecule has 1 aliphatic heterocycles. The molecule has 0 fully saturated rings. The van der Waals surface area contributed by atoms with Gasteiger partial charge in [-0.05, 0) is 74.7 Å². The van der Waals surface area contributed by atoms with Crippen LogP contribution in [0.2, 0.25) is 0 Å². The average molecular weight is 469 g/mol. The van der Waals surface area contributed by atoms with Gasteiger partial charge in [-0.25, -0.2) is 4.39 Å². The zero-order chi connectivity index (χ0) is 22.5. The molecule has 1 aliphatic rings. The first-order valence-electron chi connectivity index (χ1n) is 11.2. The van der Waals surface area contributed by atoms with Gasteiger partial charge >= 0.3 is 0 Å². The summed E-state index contributed by atoms with van der Waals surface area (Å²) in [7, 11) is 0. The maximum Gasteiger partial charge on any atom is 0.151 e. The Morgan fingerprint density at radius 3 is 2.44 bits per heavy atom. The second-order valence-corrected chi connectivity index (χ2v) is 10.0. The lowest BCUT2D eigenvalue weighted by molar-refractivity contribution is 0.626. The lowest BCUT2D eigenvalue weighted by atomic mass is 10.2. The van der Waals surface area contributed by atoms with Crippen molar-refractivity contribution in [2.75, 3.05) is 23.3 Å². The fourth-order valence-electron chi connectivity index (χ4n) is 3.71. The third-order valence-electron chi connectivity index (χ3n) is 5.56. The zero-order valence-electron chi connectivity index (χ0n) is 18.8. The van der Waals surface area contributed by atoms with Gasteiger partial charge in [0, 0.05) is 28.5 Å². The Morgan fingerprint density at radius 2 is 1.78 bits per heavy atom. The van der Waals surface area contributed by atoms with Gasteiger partial charge in [0.1, 0.15) is 16.1 Å². The molecule has 0 amide bonds. The first kappa shape index (κ1) is 22.8. The van der Waals surface area contributed by atoms with Crippen LogP contribution < -0.4 is 10.2 Å². The van der Waals surface area contributed by atoms with E-state index in [1.54, 1.807) is 23.9 Å². The van der Waals surface area contributed by atoms with Crippen molar-refractivity contribution in [2.24, 2.45) is 10.2 Å². The quantitative estimate of drug-likeness (QED) is 0.319. The van der Waals surface area contributed by atoms with Crippen molar-refractivity contribution in [3.63, 3.8) is 0 Å². The molecule has 4 nitrogen and oxygen atoms in total. The number of thioether (sulfide) groups is 1. The normalized spacial score (nSPS) is 15.2. The maximum atomic E-state index is 14.7. The Morgan fingerprint density at radius 1 is 1.00 bits per heavy atom. The lowest BCUT2D eigenvalue weighted by Crippen LogP contribution is -2.21. The lowest BCUT2D eigenvalue weighted by Gasteiger charge is -2.20. The summed E-state index contributed by atoms with van der Waals surface area (Å²) in [5.41, 5.74) is 3.02. The molecule has 0 spiro atoms. The van der Waals surface area contributed by atoms with Crippen LogP contribution in [0.3, 0.4) is 0 Å². The van der Waals surface area contributed by atoms with Crippen molar-refractivity contribution in [1.29, 1.82) is 0 Å². The van der Waals surface area contributed by atoms with E-state index in [-0.39, 0.29) is 16.9 Å². The molecule has 0 bridgehead atoms. The van der Waals surface area contributed by atoms with E-state index in [2.05, 4.69) is 47.3 Å². The molecule has 1 aromatic heterocycles. The highest BCUT2D eigenvalue weighted by Gasteiger charge is 2.26. The summed E-state index contributed by atoms with van der Waals surface area (Å²) in [5, 5.41) is 13.1. The van der Waals surface area contributed by atoms with Crippen molar-refractivity contribution in [2.45, 2.75) is 50.3 Å². The van der Waals surface area contributed by atoms with Gasteiger partial charge in [-0.1, -0.05) is 31.2 Å². The van der Waals surface area contributed by atoms with Crippen molar-refractivity contribution in [3.8, 4) is 0 Å². The van der Waals surface area contributed by atoms with Gasteiger partial charge in [0.2, 0.25) is 0 Å². The molecule has 0 radical (unpaired) electrons. The van der Waals surface area contributed by atoms with Crippen LogP contribution in [0.4, 0.5) is 26.5 Å². The monoisotopic (exact) mass is 468 g/mol. The highest BCUT2D eigenvalue weighted by molar-refractivity contribution is 8.00. The molecule has 0 saturated heterocycles. The Hall–Kier alpha value is -2.38. The van der Waals surface area contributed by atoms with Crippen molar-refractivity contribution < 1.29 is 4.39 Å². The van der Waals surface area contributed by atoms with E-state index in [0.29, 0.717) is 5.69 Å². The number of anilines is 2. The minimum Gasteiger partial charge on any atom is -0.372 e. The van der Waals surface area contributed by atoms with Crippen molar-refractivity contribution in [3.05, 3.63) is 64.8 Å². The largest absolute Gasteiger partial charge is 0.372 e. The number of fused-ring (bicyclic) bond motifs is 1. The van der Waals surface area contributed by atoms with E-state index in [1.807, 2.05) is 41.7 Å². The molecule has 0 saturated carbocycles. The van der Waals surface area contributed by atoms with Gasteiger partial charge in [-0.15, -0.1) is 16.5 Å². The van der Waals surface area contributed by atoms with Crippen LogP contribution in [0.25, 0.3) is 0 Å². The van der Waals surface area contributed by atoms with Crippen LogP contribution in [-0.4, -0.2) is 13.1 Å². The number of halogens is 1. The molecule has 2 heterocycles. The summed E-state index contributed by atoms with van der Waals surface area (Å²) in [6.07, 6.45) is 3.55. The predicted octanol–water partition coefficient (Wildman–Crippen LogP) is 8.71. The van der Waals surface area contributed by atoms with Crippen LogP contribution in [0.5, 0.6) is 0 Å². The predicted molar refractivity (Wildman–Crippen MR) is 136 cm³/mol. The Labute approximate surface area is 198 Å². The first-order valence-corrected chi connectivity index (χ1v) is 12.9. The van der Waals surface area contributed by atoms with Gasteiger partial charge in [-0.2, -0.15) is 5.11 Å². The van der Waals surface area contributed by atoms with Crippen molar-refractivity contribution >= 4 is 45.2 Å². The molecule has 1 N–H and O–H groups in total. The first-order chi connectivity index (χ1) is 15.6. The minimum atomic E-state index is -0.354. The van der Waals surface area contributed by atoms with Gasteiger partial charge in [0.05, 0.1) is 5.69 Å². The molecule has 1 atom stereocenters. The number of hydrogen-bond donors (Lipinski definition) is 1. The number of rotatable bonds is 9. The number of nitrogens with one attached hydrogen (secondary N) is 1. The summed E-state index contributed by atoms with van der Waals surface area (Å²) in [6, 6.07) is 15.4. The van der Waals surface area contributed by atoms with Crippen LogP contribution in [-0.2, 0) is 6.42 Å². The Bertz CT molecular complexity index is 1050. The van der Waals surface area contributed by atoms with E-state index in [0.717, 1.165) is 30.8 Å². The molecular formula is C25H29FN4S2. The molecular weight excluding hydrogens is 439 g/mol. The number of azo groups is 1. The minimum absolute atomic E-state index is 0.0320. The van der Waals surface area contributed by atoms with E-state index >= 15 is 0 Å². The second kappa shape index (κ2) is 10.5. The standard InChI is InChI=1S/C25H29FN4S2/c1-4-7-8-20-16-23-25(31-20)27-24(32-23)17-9-14-22(21(26)15-17)29-28-18-10-12-19(13-11-18)30(5-2)6-3/h9-16,24,27H,4-8H2,1-3H3. The number of hydrogen-bond acceptors (Lipinski definition) is 6. The summed E-state index contributed by atoms with van der Waals surface area (Å²) >= 11 is 3.57. The number of nitrogens with zero attached hydrogens (tertiary/aromatic N) is 3. The summed E-state index contributed by atoms with van der Waals surface area (Å²) in [6.45, 7) is 8.39. The van der Waals surface area contributed by atoms with Crippen LogP contribution in [0, 0.1) is 5.82 Å². The topological polar surface area (TPSA) is 40.0 Å². The van der Waals surface area contributed by atoms with E-state index in [4.69, 9.17) is 0 Å². The number of thiophene rings is 1. The van der Waals surface area contributed by atoms with E-state index in [1.165, 1.54) is 27.6 Å². The fraction of sp³-hybridized carbons (Fsp3) is 0.360. The van der Waals surface area contributed by atoms with Crippen LogP contribution >= 0.6 is 23.1 Å². The number of benzene rings is 2. The van der Waals surface area contributed by atoms with Gasteiger partial charge < -0.3 is 10.2 Å². The molecule has 2 aromatic carbocycles. The zero-order valence-corrected chi connectivity index (χ0v) is 20.4. The third kappa shape index (κ3) is 5.15. The van der Waals surface area contributed by atoms with Crippen LogP contribution in [0.1, 0.15) is 49.4 Å². The fourth-order valence-corrected chi connectivity index (χ4v) is 6.24. The van der Waals surface area contributed by atoms with E-state index in [9.17, 15) is 4.39 Å². The molecule has 3 aromatic rings. The van der Waals surface area contributed by atoms with Gasteiger partial charge in [0.15, 0.2) is 5.82 Å². The Kier molecular flexibility index (Phi) is 7.48. The highest BCUT2D eigenvalue weighted by atomic mass is 32.2. The maximum absolute atomic E-state index is 14.7. The Balaban J connectivity index is 1.40. The number of aryl methyl sites for hydroxylation is 1. The SMILES string of the molecule is CCCCc1cc2c(s1)NC(c1ccc(N=Nc3ccc(N(CC)CC)cc3)c(F)c1)S2. The highest BCUT2D eigenvalue weighted by Crippen LogP contribution is 2.51. The average Bonchev–Trinajstić information content (AvgIpc) is 3.37. The second-order valence-electron chi connectivity index (χ2n) is 7.75.